The minimum Gasteiger partial charge on any atom is -0.510 e. The van der Waals surface area contributed by atoms with E-state index in [0.29, 0.717) is 26.2 Å². The molecule has 1 fully saturated rings. The van der Waals surface area contributed by atoms with Crippen molar-refractivity contribution in [2.45, 2.75) is 38.0 Å². The van der Waals surface area contributed by atoms with E-state index in [4.69, 9.17) is 5.73 Å². The Labute approximate surface area is 235 Å². The van der Waals surface area contributed by atoms with Gasteiger partial charge in [-0.2, -0.15) is 0 Å². The van der Waals surface area contributed by atoms with Crippen LogP contribution >= 0.6 is 0 Å². The van der Waals surface area contributed by atoms with Gasteiger partial charge in [0.2, 0.25) is 11.7 Å². The number of likely N-dealkylation sites (N-methyl/N-ethyl adjacent to an activating group) is 1. The Morgan fingerprint density at radius 3 is 2.34 bits per heavy atom. The van der Waals surface area contributed by atoms with Crippen molar-refractivity contribution in [3.05, 3.63) is 51.2 Å². The number of ketones is 2. The SMILES string of the molecule is CC(=O)N1CCN(Cc2cc(O)c3c(c2F)C[C@H]2C[C@H]4[C@H](N(C)C)C(O)=C(C(N)=O)C(=O)[C@@]4(O)C(O)=C2C3=O)CC1. The lowest BCUT2D eigenvalue weighted by Crippen LogP contribution is -2.63. The highest BCUT2D eigenvalue weighted by Crippen LogP contribution is 2.52. The molecular weight excluding hydrogens is 539 g/mol. The van der Waals surface area contributed by atoms with Gasteiger partial charge >= 0.3 is 0 Å². The van der Waals surface area contributed by atoms with Crippen molar-refractivity contribution in [2.75, 3.05) is 40.3 Å². The molecule has 4 atom stereocenters. The van der Waals surface area contributed by atoms with E-state index in [2.05, 4.69) is 0 Å². The quantitative estimate of drug-likeness (QED) is 0.306. The van der Waals surface area contributed by atoms with Gasteiger partial charge in [-0.1, -0.05) is 0 Å². The summed E-state index contributed by atoms with van der Waals surface area (Å²) in [5.41, 5.74) is 1.11. The van der Waals surface area contributed by atoms with E-state index in [9.17, 15) is 39.6 Å². The molecule has 1 heterocycles. The number of piperazine rings is 1. The first-order valence-corrected chi connectivity index (χ1v) is 13.4. The number of benzene rings is 1. The Morgan fingerprint density at radius 2 is 1.78 bits per heavy atom. The molecule has 1 saturated heterocycles. The van der Waals surface area contributed by atoms with Crippen LogP contribution in [-0.4, -0.2) is 110 Å². The molecular formula is C28H33FN4O8. The van der Waals surface area contributed by atoms with Gasteiger partial charge in [-0.25, -0.2) is 4.39 Å². The van der Waals surface area contributed by atoms with Gasteiger partial charge in [0.15, 0.2) is 11.4 Å². The largest absolute Gasteiger partial charge is 0.510 e. The lowest BCUT2D eigenvalue weighted by atomic mass is 9.58. The molecule has 1 aromatic rings. The van der Waals surface area contributed by atoms with Crippen molar-refractivity contribution in [1.82, 2.24) is 14.7 Å². The number of allylic oxidation sites excluding steroid dienone is 1. The Hall–Kier alpha value is -3.81. The maximum Gasteiger partial charge on any atom is 0.255 e. The molecule has 0 radical (unpaired) electrons. The van der Waals surface area contributed by atoms with Crippen molar-refractivity contribution < 1.29 is 44.0 Å². The van der Waals surface area contributed by atoms with Gasteiger partial charge in [0.05, 0.1) is 11.6 Å². The molecule has 4 aliphatic rings. The van der Waals surface area contributed by atoms with Gasteiger partial charge in [-0.05, 0) is 38.9 Å². The number of phenols is 1. The van der Waals surface area contributed by atoms with Gasteiger partial charge in [0.1, 0.15) is 28.7 Å². The molecule has 0 bridgehead atoms. The van der Waals surface area contributed by atoms with Gasteiger partial charge in [0, 0.05) is 62.3 Å². The minimum absolute atomic E-state index is 0.0412. The fraction of sp³-hybridized carbons (Fsp3) is 0.500. The van der Waals surface area contributed by atoms with Crippen LogP contribution in [0.2, 0.25) is 0 Å². The zero-order chi connectivity index (χ0) is 30.1. The molecule has 0 saturated carbocycles. The molecule has 0 spiro atoms. The summed E-state index contributed by atoms with van der Waals surface area (Å²) >= 11 is 0. The number of rotatable bonds is 4. The van der Waals surface area contributed by atoms with Crippen LogP contribution < -0.4 is 5.73 Å². The third-order valence-corrected chi connectivity index (χ3v) is 8.94. The number of aromatic hydroxyl groups is 1. The summed E-state index contributed by atoms with van der Waals surface area (Å²) in [4.78, 5) is 55.8. The molecule has 13 heteroatoms. The minimum atomic E-state index is -2.75. The second-order valence-electron chi connectivity index (χ2n) is 11.5. The number of fused-ring (bicyclic) bond motifs is 3. The summed E-state index contributed by atoms with van der Waals surface area (Å²) in [6.45, 7) is 3.60. The number of Topliss-reactive ketones (excluding diaryl/α,β-unsaturated/α-hetero) is 2. The fourth-order valence-electron chi connectivity index (χ4n) is 6.93. The third-order valence-electron chi connectivity index (χ3n) is 8.94. The molecule has 6 N–H and O–H groups in total. The van der Waals surface area contributed by atoms with Crippen LogP contribution in [0.5, 0.6) is 5.75 Å². The van der Waals surface area contributed by atoms with E-state index >= 15 is 4.39 Å². The van der Waals surface area contributed by atoms with E-state index in [0.717, 1.165) is 6.07 Å². The molecule has 5 rings (SSSR count). The maximum atomic E-state index is 16.0. The molecule has 1 aliphatic heterocycles. The van der Waals surface area contributed by atoms with Crippen LogP contribution in [0.3, 0.4) is 0 Å². The second kappa shape index (κ2) is 9.93. The monoisotopic (exact) mass is 572 g/mol. The summed E-state index contributed by atoms with van der Waals surface area (Å²) in [5.74, 6) is -8.51. The summed E-state index contributed by atoms with van der Waals surface area (Å²) in [6, 6.07) is 0.0280. The summed E-state index contributed by atoms with van der Waals surface area (Å²) < 4.78 is 16.0. The van der Waals surface area contributed by atoms with Gasteiger partial charge in [-0.15, -0.1) is 0 Å². The first kappa shape index (κ1) is 28.7. The van der Waals surface area contributed by atoms with Crippen LogP contribution in [0.4, 0.5) is 4.39 Å². The zero-order valence-corrected chi connectivity index (χ0v) is 23.0. The number of halogens is 1. The summed E-state index contributed by atoms with van der Waals surface area (Å²) in [7, 11) is 3.07. The smallest absolute Gasteiger partial charge is 0.255 e. The highest BCUT2D eigenvalue weighted by atomic mass is 19.1. The second-order valence-corrected chi connectivity index (χ2v) is 11.5. The summed E-state index contributed by atoms with van der Waals surface area (Å²) in [6.07, 6.45) is -0.247. The number of nitrogens with zero attached hydrogens (tertiary/aromatic N) is 3. The number of carbonyl (C=O) groups is 4. The number of carbonyl (C=O) groups excluding carboxylic acids is 4. The molecule has 0 unspecified atom stereocenters. The average Bonchev–Trinajstić information content (AvgIpc) is 2.89. The Morgan fingerprint density at radius 1 is 1.15 bits per heavy atom. The van der Waals surface area contributed by atoms with Crippen molar-refractivity contribution in [3.8, 4) is 5.75 Å². The first-order chi connectivity index (χ1) is 19.2. The number of primary amides is 1. The average molecular weight is 573 g/mol. The van der Waals surface area contributed by atoms with Gasteiger partial charge in [-0.3, -0.25) is 29.0 Å². The number of hydrogen-bond acceptors (Lipinski definition) is 10. The van der Waals surface area contributed by atoms with E-state index in [1.807, 2.05) is 4.90 Å². The number of hydrogen-bond donors (Lipinski definition) is 5. The highest BCUT2D eigenvalue weighted by molar-refractivity contribution is 6.24. The maximum absolute atomic E-state index is 16.0. The van der Waals surface area contributed by atoms with Crippen molar-refractivity contribution in [2.24, 2.45) is 17.6 Å². The van der Waals surface area contributed by atoms with Crippen molar-refractivity contribution in [1.29, 1.82) is 0 Å². The van der Waals surface area contributed by atoms with E-state index in [1.165, 1.54) is 25.9 Å². The molecule has 1 aromatic carbocycles. The van der Waals surface area contributed by atoms with Crippen molar-refractivity contribution >= 4 is 23.4 Å². The topological polar surface area (TPSA) is 185 Å². The van der Waals surface area contributed by atoms with Gasteiger partial charge in [0.25, 0.3) is 5.91 Å². The number of aliphatic hydroxyl groups excluding tert-OH is 2. The zero-order valence-electron chi connectivity index (χ0n) is 23.0. The van der Waals surface area contributed by atoms with Crippen LogP contribution in [0.15, 0.2) is 28.7 Å². The molecule has 41 heavy (non-hydrogen) atoms. The van der Waals surface area contributed by atoms with Crippen molar-refractivity contribution in [3.63, 3.8) is 0 Å². The van der Waals surface area contributed by atoms with Crippen LogP contribution in [0.1, 0.15) is 34.8 Å². The third kappa shape index (κ3) is 4.21. The number of amides is 2. The number of phenolic OH excluding ortho intramolecular Hbond substituents is 1. The Kier molecular flexibility index (Phi) is 6.95. The highest BCUT2D eigenvalue weighted by Gasteiger charge is 2.63. The summed E-state index contributed by atoms with van der Waals surface area (Å²) in [5, 5.41) is 44.6. The molecule has 0 aromatic heterocycles. The number of aliphatic hydroxyl groups is 3. The molecule has 3 aliphatic carbocycles. The van der Waals surface area contributed by atoms with E-state index < -0.39 is 69.6 Å². The normalized spacial score (nSPS) is 28.5. The predicted octanol–water partition coefficient (Wildman–Crippen LogP) is -0.0762. The lowest BCUT2D eigenvalue weighted by molar-refractivity contribution is -0.148. The fourth-order valence-corrected chi connectivity index (χ4v) is 6.93. The Bertz CT molecular complexity index is 1440. The van der Waals surface area contributed by atoms with Gasteiger partial charge < -0.3 is 31.1 Å². The number of nitrogens with two attached hydrogens (primary N) is 1. The molecule has 220 valence electrons. The van der Waals surface area contributed by atoms with Crippen LogP contribution in [0, 0.1) is 17.7 Å². The van der Waals surface area contributed by atoms with E-state index in [1.54, 1.807) is 4.90 Å². The standard InChI is InChI=1S/C28H33FN4O8/c1-12(34)33-6-4-32(5-7-33)11-14-10-17(35)19-15(21(14)29)8-13-9-16-22(31(2)3)24(37)20(27(30)40)26(39)28(16,41)25(38)18(13)23(19)36/h10,13,16,22,35,37-38,41H,4-9,11H2,1-3H3,(H2,30,40)/t13-,16-,22-,28-/m0/s1. The molecule has 12 nitrogen and oxygen atoms in total. The van der Waals surface area contributed by atoms with Crippen LogP contribution in [0.25, 0.3) is 0 Å². The van der Waals surface area contributed by atoms with Crippen LogP contribution in [-0.2, 0) is 27.3 Å². The lowest BCUT2D eigenvalue weighted by Gasteiger charge is -2.50. The first-order valence-electron chi connectivity index (χ1n) is 13.4. The molecule has 2 amide bonds. The van der Waals surface area contributed by atoms with E-state index in [-0.39, 0.29) is 47.6 Å². The predicted molar refractivity (Wildman–Crippen MR) is 141 cm³/mol. The Balaban J connectivity index is 1.55.